The van der Waals surface area contributed by atoms with Crippen molar-refractivity contribution >= 4 is 0 Å². The third-order valence-electron chi connectivity index (χ3n) is 4.87. The predicted molar refractivity (Wildman–Crippen MR) is 100 cm³/mol. The van der Waals surface area contributed by atoms with Crippen molar-refractivity contribution in [3.05, 3.63) is 90.0 Å². The molecule has 2 heteroatoms. The predicted octanol–water partition coefficient (Wildman–Crippen LogP) is 5.62. The molecular weight excluding hydrogens is 292 g/mol. The summed E-state index contributed by atoms with van der Waals surface area (Å²) < 4.78 is 2.10. The normalized spacial score (nSPS) is 13.6. The van der Waals surface area contributed by atoms with E-state index in [4.69, 9.17) is 0 Å². The van der Waals surface area contributed by atoms with E-state index in [-0.39, 0.29) is 0 Å². The highest BCUT2D eigenvalue weighted by Crippen LogP contribution is 2.32. The van der Waals surface area contributed by atoms with Crippen molar-refractivity contribution in [3.8, 4) is 0 Å². The van der Waals surface area contributed by atoms with Crippen molar-refractivity contribution in [2.75, 3.05) is 0 Å². The molecule has 3 aromatic rings. The fourth-order valence-corrected chi connectivity index (χ4v) is 3.37. The molecule has 1 heterocycles. The Labute approximate surface area is 145 Å². The minimum absolute atomic E-state index is 0.585. The van der Waals surface area contributed by atoms with Gasteiger partial charge in [0.05, 0.1) is 6.33 Å². The molecule has 0 bridgehead atoms. The van der Waals surface area contributed by atoms with Crippen LogP contribution in [0.25, 0.3) is 0 Å². The molecule has 0 N–H and O–H groups in total. The molecule has 2 aromatic carbocycles. The third-order valence-corrected chi connectivity index (χ3v) is 4.87. The number of benzene rings is 2. The van der Waals surface area contributed by atoms with E-state index < -0.39 is 0 Å². The largest absolute Gasteiger partial charge is 0.333 e. The molecule has 3 rings (SSSR count). The Balaban J connectivity index is 1.67. The van der Waals surface area contributed by atoms with E-state index in [0.29, 0.717) is 11.8 Å². The van der Waals surface area contributed by atoms with E-state index in [0.717, 1.165) is 6.54 Å². The van der Waals surface area contributed by atoms with Gasteiger partial charge in [0.15, 0.2) is 0 Å². The molecular formula is C22H26N2. The van der Waals surface area contributed by atoms with E-state index in [1.165, 1.54) is 29.5 Å². The Morgan fingerprint density at radius 3 is 2.33 bits per heavy atom. The summed E-state index contributed by atoms with van der Waals surface area (Å²) in [6.07, 6.45) is 8.07. The van der Waals surface area contributed by atoms with Gasteiger partial charge in [0, 0.05) is 18.9 Å². The Bertz CT molecular complexity index is 714. The lowest BCUT2D eigenvalue weighted by Gasteiger charge is -2.21. The van der Waals surface area contributed by atoms with Crippen LogP contribution in [-0.4, -0.2) is 9.55 Å². The summed E-state index contributed by atoms with van der Waals surface area (Å²) in [7, 11) is 0. The summed E-state index contributed by atoms with van der Waals surface area (Å²) in [6, 6.07) is 20.0. The maximum Gasteiger partial charge on any atom is 0.0949 e. The van der Waals surface area contributed by atoms with Crippen LogP contribution in [0.15, 0.2) is 73.3 Å². The van der Waals surface area contributed by atoms with Crippen LogP contribution in [0, 0.1) is 0 Å². The summed E-state index contributed by atoms with van der Waals surface area (Å²) in [5.41, 5.74) is 4.21. The number of rotatable bonds is 7. The lowest BCUT2D eigenvalue weighted by atomic mass is 9.84. The summed E-state index contributed by atoms with van der Waals surface area (Å²) >= 11 is 0. The molecule has 124 valence electrons. The van der Waals surface area contributed by atoms with Gasteiger partial charge in [-0.2, -0.15) is 0 Å². The van der Waals surface area contributed by atoms with Crippen LogP contribution < -0.4 is 0 Å². The molecule has 0 spiro atoms. The Kier molecular flexibility index (Phi) is 5.47. The average molecular weight is 318 g/mol. The van der Waals surface area contributed by atoms with Crippen molar-refractivity contribution in [2.24, 2.45) is 0 Å². The highest BCUT2D eigenvalue weighted by Gasteiger charge is 2.15. The highest BCUT2D eigenvalue weighted by molar-refractivity contribution is 5.27. The van der Waals surface area contributed by atoms with Gasteiger partial charge >= 0.3 is 0 Å². The van der Waals surface area contributed by atoms with Gasteiger partial charge in [-0.1, -0.05) is 68.4 Å². The molecule has 2 atom stereocenters. The second-order valence-electron chi connectivity index (χ2n) is 6.63. The summed E-state index contributed by atoms with van der Waals surface area (Å²) in [5, 5.41) is 0. The molecule has 0 aliphatic carbocycles. The molecule has 0 saturated carbocycles. The fraction of sp³-hybridized carbons (Fsp3) is 0.318. The van der Waals surface area contributed by atoms with Crippen molar-refractivity contribution < 1.29 is 0 Å². The number of hydrogen-bond acceptors (Lipinski definition) is 1. The third kappa shape index (κ3) is 4.14. The monoisotopic (exact) mass is 318 g/mol. The quantitative estimate of drug-likeness (QED) is 0.553. The van der Waals surface area contributed by atoms with Crippen molar-refractivity contribution in [3.63, 3.8) is 0 Å². The zero-order valence-corrected chi connectivity index (χ0v) is 14.6. The Hall–Kier alpha value is -2.35. The standard InChI is InChI=1S/C22H26N2/c1-3-20(15-18(2)21-7-5-4-6-8-21)22-11-9-19(10-12-22)16-24-14-13-23-17-24/h4-14,17-18,20H,3,15-16H2,1-2H3. The number of hydrogen-bond donors (Lipinski definition) is 0. The maximum atomic E-state index is 4.10. The maximum absolute atomic E-state index is 4.10. The van der Waals surface area contributed by atoms with Crippen LogP contribution in [0.4, 0.5) is 0 Å². The van der Waals surface area contributed by atoms with Crippen LogP contribution >= 0.6 is 0 Å². The van der Waals surface area contributed by atoms with E-state index in [2.05, 4.69) is 78.0 Å². The van der Waals surface area contributed by atoms with Crippen LogP contribution in [0.1, 0.15) is 55.2 Å². The van der Waals surface area contributed by atoms with Crippen molar-refractivity contribution in [2.45, 2.75) is 45.1 Å². The van der Waals surface area contributed by atoms with Crippen LogP contribution in [0.5, 0.6) is 0 Å². The van der Waals surface area contributed by atoms with Crippen LogP contribution in [-0.2, 0) is 6.54 Å². The first-order valence-electron chi connectivity index (χ1n) is 8.85. The summed E-state index contributed by atoms with van der Waals surface area (Å²) in [5.74, 6) is 1.20. The van der Waals surface area contributed by atoms with Gasteiger partial charge in [-0.15, -0.1) is 0 Å². The molecule has 2 unspecified atom stereocenters. The zero-order valence-electron chi connectivity index (χ0n) is 14.6. The van der Waals surface area contributed by atoms with E-state index in [1.54, 1.807) is 0 Å². The second-order valence-corrected chi connectivity index (χ2v) is 6.63. The molecule has 0 radical (unpaired) electrons. The zero-order chi connectivity index (χ0) is 16.8. The van der Waals surface area contributed by atoms with Gasteiger partial charge in [0.25, 0.3) is 0 Å². The van der Waals surface area contributed by atoms with Gasteiger partial charge in [0.2, 0.25) is 0 Å². The van der Waals surface area contributed by atoms with Gasteiger partial charge in [-0.25, -0.2) is 4.98 Å². The van der Waals surface area contributed by atoms with Gasteiger partial charge in [-0.3, -0.25) is 0 Å². The lowest BCUT2D eigenvalue weighted by molar-refractivity contribution is 0.544. The van der Waals surface area contributed by atoms with Crippen LogP contribution in [0.3, 0.4) is 0 Å². The van der Waals surface area contributed by atoms with E-state index in [9.17, 15) is 0 Å². The molecule has 0 aliphatic rings. The summed E-state index contributed by atoms with van der Waals surface area (Å²) in [4.78, 5) is 4.10. The van der Waals surface area contributed by atoms with E-state index in [1.807, 2.05) is 18.7 Å². The van der Waals surface area contributed by atoms with Crippen molar-refractivity contribution in [1.29, 1.82) is 0 Å². The number of imidazole rings is 1. The number of aromatic nitrogens is 2. The Morgan fingerprint density at radius 1 is 0.958 bits per heavy atom. The highest BCUT2D eigenvalue weighted by atomic mass is 15.0. The van der Waals surface area contributed by atoms with Gasteiger partial charge in [0.1, 0.15) is 0 Å². The molecule has 0 fully saturated rings. The first-order valence-corrected chi connectivity index (χ1v) is 8.85. The molecule has 0 amide bonds. The first-order chi connectivity index (χ1) is 11.8. The molecule has 24 heavy (non-hydrogen) atoms. The van der Waals surface area contributed by atoms with Crippen LogP contribution in [0.2, 0.25) is 0 Å². The minimum atomic E-state index is 0.585. The number of nitrogens with zero attached hydrogens (tertiary/aromatic N) is 2. The molecule has 2 nitrogen and oxygen atoms in total. The van der Waals surface area contributed by atoms with Crippen molar-refractivity contribution in [1.82, 2.24) is 9.55 Å². The van der Waals surface area contributed by atoms with E-state index >= 15 is 0 Å². The SMILES string of the molecule is CCC(CC(C)c1ccccc1)c1ccc(Cn2ccnc2)cc1. The topological polar surface area (TPSA) is 17.8 Å². The molecule has 1 aromatic heterocycles. The first kappa shape index (κ1) is 16.5. The Morgan fingerprint density at radius 2 is 1.71 bits per heavy atom. The second kappa shape index (κ2) is 7.96. The average Bonchev–Trinajstić information content (AvgIpc) is 3.14. The minimum Gasteiger partial charge on any atom is -0.333 e. The van der Waals surface area contributed by atoms with Gasteiger partial charge in [-0.05, 0) is 41.4 Å². The lowest BCUT2D eigenvalue weighted by Crippen LogP contribution is -2.04. The molecule has 0 saturated heterocycles. The smallest absolute Gasteiger partial charge is 0.0949 e. The van der Waals surface area contributed by atoms with Gasteiger partial charge < -0.3 is 4.57 Å². The summed E-state index contributed by atoms with van der Waals surface area (Å²) in [6.45, 7) is 5.52. The fourth-order valence-electron chi connectivity index (χ4n) is 3.37. The molecule has 0 aliphatic heterocycles.